The Morgan fingerprint density at radius 1 is 1.38 bits per heavy atom. The molecule has 2 atom stereocenters. The lowest BCUT2D eigenvalue weighted by atomic mass is 9.97. The second kappa shape index (κ2) is 11.9. The lowest BCUT2D eigenvalue weighted by Gasteiger charge is -2.25. The summed E-state index contributed by atoms with van der Waals surface area (Å²) < 4.78 is 3.16. The summed E-state index contributed by atoms with van der Waals surface area (Å²) in [4.78, 5) is 9.53. The van der Waals surface area contributed by atoms with E-state index in [2.05, 4.69) is 74.8 Å². The number of guanidine groups is 1. The fraction of sp³-hybridized carbons (Fsp3) is 0.571. The quantitative estimate of drug-likeness (QED) is 0.287. The van der Waals surface area contributed by atoms with Crippen molar-refractivity contribution in [2.45, 2.75) is 59.0 Å². The summed E-state index contributed by atoms with van der Waals surface area (Å²) in [6.45, 7) is 8.89. The minimum Gasteiger partial charge on any atom is -0.357 e. The number of nitrogens with zero attached hydrogens (tertiary/aromatic N) is 4. The maximum Gasteiger partial charge on any atom is 0.191 e. The molecule has 0 fully saturated rings. The molecule has 1 aliphatic rings. The Kier molecular flexibility index (Phi) is 9.88. The van der Waals surface area contributed by atoms with E-state index >= 15 is 0 Å². The van der Waals surface area contributed by atoms with Crippen molar-refractivity contribution < 1.29 is 0 Å². The molecule has 0 amide bonds. The van der Waals surface area contributed by atoms with Gasteiger partial charge in [0.2, 0.25) is 0 Å². The second-order valence-corrected chi connectivity index (χ2v) is 8.32. The molecule has 0 spiro atoms. The third-order valence-corrected chi connectivity index (χ3v) is 5.63. The first kappa shape index (κ1) is 24.1. The highest BCUT2D eigenvalue weighted by Gasteiger charge is 2.24. The van der Waals surface area contributed by atoms with Crippen molar-refractivity contribution in [3.05, 3.63) is 46.0 Å². The topological polar surface area (TPSA) is 67.1 Å². The highest BCUT2D eigenvalue weighted by molar-refractivity contribution is 14.0. The third kappa shape index (κ3) is 6.94. The molecule has 1 aromatic heterocycles. The highest BCUT2D eigenvalue weighted by Crippen LogP contribution is 2.23. The average molecular weight is 575 g/mol. The predicted octanol–water partition coefficient (Wildman–Crippen LogP) is 4.63. The van der Waals surface area contributed by atoms with Crippen LogP contribution < -0.4 is 10.6 Å². The Morgan fingerprint density at radius 2 is 2.21 bits per heavy atom. The summed E-state index contributed by atoms with van der Waals surface area (Å²) in [5.41, 5.74) is 1.35. The van der Waals surface area contributed by atoms with Gasteiger partial charge in [-0.15, -0.1) is 24.0 Å². The van der Waals surface area contributed by atoms with Crippen LogP contribution in [0.5, 0.6) is 0 Å². The van der Waals surface area contributed by atoms with Gasteiger partial charge in [0.1, 0.15) is 11.6 Å². The molecule has 2 heterocycles. The summed E-state index contributed by atoms with van der Waals surface area (Å²) in [5.74, 6) is 3.25. The minimum atomic E-state index is 0. The molecule has 0 saturated heterocycles. The molecular formula is C21H32BrIN6. The third-order valence-electron chi connectivity index (χ3n) is 5.13. The van der Waals surface area contributed by atoms with Gasteiger partial charge < -0.3 is 10.6 Å². The molecule has 2 N–H and O–H groups in total. The zero-order valence-corrected chi connectivity index (χ0v) is 21.4. The number of halogens is 2. The Hall–Kier alpha value is -1.16. The maximum atomic E-state index is 4.90. The number of rotatable bonds is 7. The maximum absolute atomic E-state index is 4.90. The van der Waals surface area contributed by atoms with Crippen molar-refractivity contribution in [1.82, 2.24) is 25.4 Å². The Bertz CT molecular complexity index is 806. The first-order valence-electron chi connectivity index (χ1n) is 10.3. The van der Waals surface area contributed by atoms with E-state index in [1.165, 1.54) is 5.56 Å². The van der Waals surface area contributed by atoms with Crippen LogP contribution >= 0.6 is 39.9 Å². The van der Waals surface area contributed by atoms with Crippen LogP contribution in [0, 0.1) is 12.8 Å². The van der Waals surface area contributed by atoms with E-state index in [0.717, 1.165) is 67.4 Å². The fourth-order valence-corrected chi connectivity index (χ4v) is 4.09. The van der Waals surface area contributed by atoms with Gasteiger partial charge in [0.05, 0.1) is 6.04 Å². The molecule has 0 radical (unpaired) electrons. The van der Waals surface area contributed by atoms with Gasteiger partial charge >= 0.3 is 0 Å². The molecule has 0 bridgehead atoms. The van der Waals surface area contributed by atoms with Gasteiger partial charge in [-0.2, -0.15) is 5.10 Å². The predicted molar refractivity (Wildman–Crippen MR) is 133 cm³/mol. The lowest BCUT2D eigenvalue weighted by molar-refractivity contribution is 0.397. The number of aromatic nitrogens is 3. The lowest BCUT2D eigenvalue weighted by Crippen LogP contribution is -2.41. The van der Waals surface area contributed by atoms with Gasteiger partial charge in [0, 0.05) is 24.1 Å². The highest BCUT2D eigenvalue weighted by atomic mass is 127. The Morgan fingerprint density at radius 3 is 2.93 bits per heavy atom. The van der Waals surface area contributed by atoms with Crippen LogP contribution in [0.15, 0.2) is 33.7 Å². The van der Waals surface area contributed by atoms with Crippen molar-refractivity contribution in [2.75, 3.05) is 13.1 Å². The van der Waals surface area contributed by atoms with Crippen molar-refractivity contribution in [1.29, 1.82) is 0 Å². The minimum absolute atomic E-state index is 0. The van der Waals surface area contributed by atoms with Crippen LogP contribution in [0.25, 0.3) is 0 Å². The number of hydrogen-bond donors (Lipinski definition) is 2. The summed E-state index contributed by atoms with van der Waals surface area (Å²) in [6.07, 6.45) is 4.30. The van der Waals surface area contributed by atoms with E-state index in [0.29, 0.717) is 5.92 Å². The molecule has 3 rings (SSSR count). The molecule has 160 valence electrons. The SMILES string of the molecule is CCNC(=NCC(CC)Cc1cccc(Br)c1)NC1CCCn2nc(C)nc21.I. The smallest absolute Gasteiger partial charge is 0.191 e. The van der Waals surface area contributed by atoms with Gasteiger partial charge in [-0.3, -0.25) is 4.99 Å². The van der Waals surface area contributed by atoms with Gasteiger partial charge in [0.15, 0.2) is 5.96 Å². The van der Waals surface area contributed by atoms with E-state index in [1.807, 2.05) is 11.6 Å². The molecule has 2 aromatic rings. The standard InChI is InChI=1S/C21H31BrN6.HI/c1-4-16(12-17-8-6-9-18(22)13-17)14-24-21(23-5-2)26-19-10-7-11-28-20(19)25-15(3)27-28;/h6,8-9,13,16,19H,4-5,7,10-12,14H2,1-3H3,(H2,23,24,26);1H. The molecule has 0 aliphatic carbocycles. The average Bonchev–Trinajstić information content (AvgIpc) is 3.06. The van der Waals surface area contributed by atoms with Crippen LogP contribution in [0.2, 0.25) is 0 Å². The molecule has 1 aromatic carbocycles. The molecule has 0 saturated carbocycles. The summed E-state index contributed by atoms with van der Waals surface area (Å²) in [7, 11) is 0. The van der Waals surface area contributed by atoms with Crippen LogP contribution in [0.3, 0.4) is 0 Å². The molecule has 6 nitrogen and oxygen atoms in total. The van der Waals surface area contributed by atoms with E-state index in [1.54, 1.807) is 0 Å². The van der Waals surface area contributed by atoms with E-state index < -0.39 is 0 Å². The van der Waals surface area contributed by atoms with Gasteiger partial charge in [0.25, 0.3) is 0 Å². The largest absolute Gasteiger partial charge is 0.357 e. The van der Waals surface area contributed by atoms with E-state index in [-0.39, 0.29) is 30.0 Å². The van der Waals surface area contributed by atoms with Crippen molar-refractivity contribution >= 4 is 45.9 Å². The first-order valence-corrected chi connectivity index (χ1v) is 11.1. The zero-order chi connectivity index (χ0) is 19.9. The first-order chi connectivity index (χ1) is 13.6. The van der Waals surface area contributed by atoms with Crippen molar-refractivity contribution in [2.24, 2.45) is 10.9 Å². The number of nitrogens with one attached hydrogen (secondary N) is 2. The molecule has 29 heavy (non-hydrogen) atoms. The fourth-order valence-electron chi connectivity index (χ4n) is 3.65. The molecule has 1 aliphatic heterocycles. The van der Waals surface area contributed by atoms with Crippen molar-refractivity contribution in [3.63, 3.8) is 0 Å². The number of aryl methyl sites for hydroxylation is 2. The molecule has 2 unspecified atom stereocenters. The normalized spacial score (nSPS) is 17.2. The number of hydrogen-bond acceptors (Lipinski definition) is 3. The van der Waals surface area contributed by atoms with Gasteiger partial charge in [-0.1, -0.05) is 41.4 Å². The Labute approximate surface area is 199 Å². The second-order valence-electron chi connectivity index (χ2n) is 7.41. The summed E-state index contributed by atoms with van der Waals surface area (Å²) in [5, 5.41) is 11.5. The van der Waals surface area contributed by atoms with Crippen LogP contribution in [-0.4, -0.2) is 33.8 Å². The van der Waals surface area contributed by atoms with Crippen molar-refractivity contribution in [3.8, 4) is 0 Å². The van der Waals surface area contributed by atoms with E-state index in [9.17, 15) is 0 Å². The molecule has 8 heteroatoms. The molecular weight excluding hydrogens is 543 g/mol. The Balaban J connectivity index is 0.00000300. The van der Waals surface area contributed by atoms with Crippen LogP contribution in [0.1, 0.15) is 56.4 Å². The van der Waals surface area contributed by atoms with Crippen LogP contribution in [-0.2, 0) is 13.0 Å². The number of fused-ring (bicyclic) bond motifs is 1. The summed E-state index contributed by atoms with van der Waals surface area (Å²) in [6, 6.07) is 8.73. The van der Waals surface area contributed by atoms with E-state index in [4.69, 9.17) is 4.99 Å². The zero-order valence-electron chi connectivity index (χ0n) is 17.5. The van der Waals surface area contributed by atoms with Crippen LogP contribution in [0.4, 0.5) is 0 Å². The van der Waals surface area contributed by atoms with Gasteiger partial charge in [-0.25, -0.2) is 9.67 Å². The number of benzene rings is 1. The number of aliphatic imine (C=N–C) groups is 1. The summed E-state index contributed by atoms with van der Waals surface area (Å²) >= 11 is 3.57. The van der Waals surface area contributed by atoms with Gasteiger partial charge in [-0.05, 0) is 56.7 Å². The monoisotopic (exact) mass is 574 g/mol.